The Morgan fingerprint density at radius 2 is 2.44 bits per heavy atom. The summed E-state index contributed by atoms with van der Waals surface area (Å²) in [5.41, 5.74) is 1.22. The summed E-state index contributed by atoms with van der Waals surface area (Å²) in [6, 6.07) is 4.03. The molecule has 0 bridgehead atoms. The van der Waals surface area contributed by atoms with Gasteiger partial charge in [-0.2, -0.15) is 0 Å². The summed E-state index contributed by atoms with van der Waals surface area (Å²) in [6.07, 6.45) is 2.34. The number of hydrogen-bond donors (Lipinski definition) is 2. The fourth-order valence-corrected chi connectivity index (χ4v) is 1.84. The number of pyridine rings is 1. The Morgan fingerprint density at radius 1 is 1.56 bits per heavy atom. The molecule has 1 fully saturated rings. The molecule has 4 nitrogen and oxygen atoms in total. The van der Waals surface area contributed by atoms with Crippen molar-refractivity contribution in [2.24, 2.45) is 0 Å². The number of aromatic nitrogens is 1. The summed E-state index contributed by atoms with van der Waals surface area (Å²) in [6.45, 7) is 6.80. The maximum Gasteiger partial charge on any atom is 0.126 e. The van der Waals surface area contributed by atoms with Crippen LogP contribution in [0.4, 0.5) is 5.82 Å². The van der Waals surface area contributed by atoms with Gasteiger partial charge in [-0.25, -0.2) is 4.98 Å². The number of rotatable bonds is 3. The lowest BCUT2D eigenvalue weighted by atomic mass is 10.2. The summed E-state index contributed by atoms with van der Waals surface area (Å²) in [7, 11) is 0. The second-order valence-electron chi connectivity index (χ2n) is 4.33. The first-order chi connectivity index (χ1) is 7.74. The van der Waals surface area contributed by atoms with Crippen molar-refractivity contribution in [2.75, 3.05) is 25.0 Å². The molecule has 1 aliphatic heterocycles. The number of morpholine rings is 1. The Balaban J connectivity index is 1.82. The lowest BCUT2D eigenvalue weighted by Gasteiger charge is -2.28. The summed E-state index contributed by atoms with van der Waals surface area (Å²) >= 11 is 0. The van der Waals surface area contributed by atoms with Gasteiger partial charge in [0.2, 0.25) is 0 Å². The average Bonchev–Trinajstić information content (AvgIpc) is 2.27. The number of nitrogens with zero attached hydrogens (tertiary/aromatic N) is 1. The van der Waals surface area contributed by atoms with E-state index in [2.05, 4.69) is 29.5 Å². The van der Waals surface area contributed by atoms with Gasteiger partial charge in [-0.05, 0) is 31.5 Å². The quantitative estimate of drug-likeness (QED) is 0.804. The van der Waals surface area contributed by atoms with E-state index in [0.717, 1.165) is 25.5 Å². The maximum absolute atomic E-state index is 5.79. The van der Waals surface area contributed by atoms with E-state index >= 15 is 0 Å². The van der Waals surface area contributed by atoms with Crippen molar-refractivity contribution in [3.8, 4) is 0 Å². The predicted octanol–water partition coefficient (Wildman–Crippen LogP) is 1.18. The smallest absolute Gasteiger partial charge is 0.126 e. The molecule has 2 heterocycles. The third kappa shape index (κ3) is 3.18. The van der Waals surface area contributed by atoms with E-state index in [1.54, 1.807) is 0 Å². The van der Waals surface area contributed by atoms with Gasteiger partial charge in [0.25, 0.3) is 0 Å². The van der Waals surface area contributed by atoms with Crippen molar-refractivity contribution in [1.82, 2.24) is 10.3 Å². The first kappa shape index (κ1) is 11.4. The molecule has 0 radical (unpaired) electrons. The lowest BCUT2D eigenvalue weighted by Crippen LogP contribution is -2.46. The SMILES string of the molecule is Cc1ccnc(NC[C@@H]2CNC[C@@H](C)O2)c1. The highest BCUT2D eigenvalue weighted by Gasteiger charge is 2.18. The first-order valence-corrected chi connectivity index (χ1v) is 5.77. The van der Waals surface area contributed by atoms with E-state index in [9.17, 15) is 0 Å². The van der Waals surface area contributed by atoms with E-state index in [1.165, 1.54) is 5.56 Å². The van der Waals surface area contributed by atoms with Crippen molar-refractivity contribution < 1.29 is 4.74 Å². The van der Waals surface area contributed by atoms with Crippen LogP contribution in [-0.2, 0) is 4.74 Å². The van der Waals surface area contributed by atoms with Crippen molar-refractivity contribution in [2.45, 2.75) is 26.1 Å². The Kier molecular flexibility index (Phi) is 3.74. The molecule has 1 aliphatic rings. The number of ether oxygens (including phenoxy) is 1. The molecule has 16 heavy (non-hydrogen) atoms. The van der Waals surface area contributed by atoms with Crippen LogP contribution < -0.4 is 10.6 Å². The van der Waals surface area contributed by atoms with Crippen LogP contribution in [0.1, 0.15) is 12.5 Å². The van der Waals surface area contributed by atoms with Crippen LogP contribution in [0.5, 0.6) is 0 Å². The third-order valence-corrected chi connectivity index (χ3v) is 2.65. The molecule has 2 N–H and O–H groups in total. The zero-order chi connectivity index (χ0) is 11.4. The molecule has 1 aromatic heterocycles. The minimum absolute atomic E-state index is 0.228. The predicted molar refractivity (Wildman–Crippen MR) is 64.7 cm³/mol. The summed E-state index contributed by atoms with van der Waals surface area (Å²) < 4.78 is 5.79. The average molecular weight is 221 g/mol. The van der Waals surface area contributed by atoms with Crippen molar-refractivity contribution >= 4 is 5.82 Å². The third-order valence-electron chi connectivity index (χ3n) is 2.65. The van der Waals surface area contributed by atoms with Crippen LogP contribution in [-0.4, -0.2) is 36.8 Å². The van der Waals surface area contributed by atoms with Gasteiger partial charge in [-0.15, -0.1) is 0 Å². The van der Waals surface area contributed by atoms with Gasteiger partial charge in [-0.1, -0.05) is 0 Å². The van der Waals surface area contributed by atoms with E-state index in [1.807, 2.05) is 18.3 Å². The summed E-state index contributed by atoms with van der Waals surface area (Å²) in [5, 5.41) is 6.65. The normalized spacial score (nSPS) is 25.4. The van der Waals surface area contributed by atoms with Gasteiger partial charge in [0, 0.05) is 25.8 Å². The van der Waals surface area contributed by atoms with Crippen LogP contribution in [0.2, 0.25) is 0 Å². The van der Waals surface area contributed by atoms with Crippen LogP contribution in [0.25, 0.3) is 0 Å². The number of hydrogen-bond acceptors (Lipinski definition) is 4. The van der Waals surface area contributed by atoms with Gasteiger partial charge in [-0.3, -0.25) is 0 Å². The van der Waals surface area contributed by atoms with Crippen LogP contribution in [0.3, 0.4) is 0 Å². The van der Waals surface area contributed by atoms with Crippen molar-refractivity contribution in [3.63, 3.8) is 0 Å². The first-order valence-electron chi connectivity index (χ1n) is 5.77. The number of anilines is 1. The maximum atomic E-state index is 5.79. The Hall–Kier alpha value is -1.13. The zero-order valence-electron chi connectivity index (χ0n) is 9.86. The van der Waals surface area contributed by atoms with Gasteiger partial charge in [0.1, 0.15) is 5.82 Å². The molecule has 88 valence electrons. The van der Waals surface area contributed by atoms with Crippen LogP contribution in [0, 0.1) is 6.92 Å². The van der Waals surface area contributed by atoms with E-state index in [-0.39, 0.29) is 6.10 Å². The molecule has 0 spiro atoms. The highest BCUT2D eigenvalue weighted by molar-refractivity contribution is 5.36. The van der Waals surface area contributed by atoms with E-state index in [4.69, 9.17) is 4.74 Å². The minimum Gasteiger partial charge on any atom is -0.371 e. The molecular formula is C12H19N3O. The van der Waals surface area contributed by atoms with Crippen LogP contribution in [0.15, 0.2) is 18.3 Å². The molecule has 0 amide bonds. The molecular weight excluding hydrogens is 202 g/mol. The fraction of sp³-hybridized carbons (Fsp3) is 0.583. The van der Waals surface area contributed by atoms with E-state index < -0.39 is 0 Å². The zero-order valence-corrected chi connectivity index (χ0v) is 9.86. The highest BCUT2D eigenvalue weighted by Crippen LogP contribution is 2.07. The topological polar surface area (TPSA) is 46.2 Å². The minimum atomic E-state index is 0.228. The second kappa shape index (κ2) is 5.27. The number of nitrogens with one attached hydrogen (secondary N) is 2. The molecule has 0 aliphatic carbocycles. The monoisotopic (exact) mass is 221 g/mol. The van der Waals surface area contributed by atoms with Gasteiger partial charge < -0.3 is 15.4 Å². The van der Waals surface area contributed by atoms with Gasteiger partial charge in [0.15, 0.2) is 0 Å². The number of aryl methyl sites for hydroxylation is 1. The van der Waals surface area contributed by atoms with Crippen LogP contribution >= 0.6 is 0 Å². The standard InChI is InChI=1S/C12H19N3O/c1-9-3-4-14-12(5-9)15-8-11-7-13-6-10(2)16-11/h3-5,10-11,13H,6-8H2,1-2H3,(H,14,15)/t10-,11+/m1/s1. The Labute approximate surface area is 96.4 Å². The highest BCUT2D eigenvalue weighted by atomic mass is 16.5. The van der Waals surface area contributed by atoms with Gasteiger partial charge in [0.05, 0.1) is 12.2 Å². The molecule has 0 saturated carbocycles. The molecule has 2 atom stereocenters. The fourth-order valence-electron chi connectivity index (χ4n) is 1.84. The molecule has 0 unspecified atom stereocenters. The summed E-state index contributed by atoms with van der Waals surface area (Å²) in [4.78, 5) is 4.26. The molecule has 1 aromatic rings. The molecule has 1 saturated heterocycles. The molecule has 0 aromatic carbocycles. The summed E-state index contributed by atoms with van der Waals surface area (Å²) in [5.74, 6) is 0.918. The second-order valence-corrected chi connectivity index (χ2v) is 4.33. The van der Waals surface area contributed by atoms with Gasteiger partial charge >= 0.3 is 0 Å². The Bertz CT molecular complexity index is 343. The van der Waals surface area contributed by atoms with Crippen molar-refractivity contribution in [3.05, 3.63) is 23.9 Å². The largest absolute Gasteiger partial charge is 0.371 e. The van der Waals surface area contributed by atoms with Crippen molar-refractivity contribution in [1.29, 1.82) is 0 Å². The van der Waals surface area contributed by atoms with E-state index in [0.29, 0.717) is 6.10 Å². The molecule has 4 heteroatoms. The Morgan fingerprint density at radius 3 is 3.19 bits per heavy atom. The molecule has 2 rings (SSSR count). The lowest BCUT2D eigenvalue weighted by molar-refractivity contribution is -0.0196.